The number of hydrogen-bond donors (Lipinski definition) is 0. The van der Waals surface area contributed by atoms with E-state index < -0.39 is 20.2 Å². The number of rotatable bonds is 6. The molecule has 0 aliphatic heterocycles. The van der Waals surface area contributed by atoms with Gasteiger partial charge < -0.3 is 0 Å². The smallest absolute Gasteiger partial charge is 0.271 e. The van der Waals surface area contributed by atoms with Crippen molar-refractivity contribution in [3.8, 4) is 11.1 Å². The first-order valence-corrected chi connectivity index (χ1v) is 16.2. The highest BCUT2D eigenvalue weighted by molar-refractivity contribution is 8.33. The summed E-state index contributed by atoms with van der Waals surface area (Å²) in [6.45, 7) is 8.41. The first kappa shape index (κ1) is 27.7. The van der Waals surface area contributed by atoms with Crippen LogP contribution < -0.4 is 0 Å². The van der Waals surface area contributed by atoms with Crippen molar-refractivity contribution in [2.45, 2.75) is 44.0 Å². The number of nitrogens with zero attached hydrogens (tertiary/aromatic N) is 5. The van der Waals surface area contributed by atoms with Gasteiger partial charge in [0.1, 0.15) is 5.52 Å². The average Bonchev–Trinajstić information content (AvgIpc) is 3.35. The Hall–Kier alpha value is -2.33. The Balaban J connectivity index is 1.91. The summed E-state index contributed by atoms with van der Waals surface area (Å²) in [4.78, 5) is 4.73. The molecule has 4 aromatic rings. The molecule has 200 valence electrons. The molecular formula is C27H36ClN5O2S2. The van der Waals surface area contributed by atoms with Crippen molar-refractivity contribution in [3.63, 3.8) is 0 Å². The van der Waals surface area contributed by atoms with Gasteiger partial charge in [-0.1, -0.05) is 62.7 Å². The lowest BCUT2D eigenvalue weighted by atomic mass is 10.0. The minimum Gasteiger partial charge on any atom is -0.271 e. The van der Waals surface area contributed by atoms with Gasteiger partial charge in [-0.25, -0.2) is 8.96 Å². The van der Waals surface area contributed by atoms with Gasteiger partial charge >= 0.3 is 10.2 Å². The maximum absolute atomic E-state index is 13.6. The van der Waals surface area contributed by atoms with Crippen LogP contribution in [0.3, 0.4) is 0 Å². The predicted molar refractivity (Wildman–Crippen MR) is 156 cm³/mol. The van der Waals surface area contributed by atoms with Gasteiger partial charge in [-0.2, -0.15) is 27.8 Å². The van der Waals surface area contributed by atoms with E-state index in [1.54, 1.807) is 20.3 Å². The molecule has 2 aromatic carbocycles. The van der Waals surface area contributed by atoms with Gasteiger partial charge in [-0.3, -0.25) is 4.68 Å². The Morgan fingerprint density at radius 3 is 2.32 bits per heavy atom. The normalized spacial score (nSPS) is 13.6. The van der Waals surface area contributed by atoms with Crippen LogP contribution in [0.1, 0.15) is 37.7 Å². The summed E-state index contributed by atoms with van der Waals surface area (Å²) in [5.41, 5.74) is 5.29. The first-order chi connectivity index (χ1) is 17.1. The van der Waals surface area contributed by atoms with E-state index in [4.69, 9.17) is 21.7 Å². The minimum absolute atomic E-state index is 0.142. The zero-order valence-corrected chi connectivity index (χ0v) is 25.4. The van der Waals surface area contributed by atoms with E-state index in [2.05, 4.69) is 33.3 Å². The number of aryl methyl sites for hydroxylation is 2. The van der Waals surface area contributed by atoms with Gasteiger partial charge in [0.05, 0.1) is 17.6 Å². The highest BCUT2D eigenvalue weighted by atomic mass is 35.5. The van der Waals surface area contributed by atoms with Gasteiger partial charge in [-0.15, -0.1) is 0 Å². The fraction of sp³-hybridized carbons (Fsp3) is 0.407. The predicted octanol–water partition coefficient (Wildman–Crippen LogP) is 5.87. The number of halogens is 1. The van der Waals surface area contributed by atoms with E-state index >= 15 is 0 Å². The Morgan fingerprint density at radius 2 is 1.73 bits per heavy atom. The second kappa shape index (κ2) is 9.45. The summed E-state index contributed by atoms with van der Waals surface area (Å²) in [6.07, 6.45) is 6.31. The molecule has 4 rings (SSSR count). The largest absolute Gasteiger partial charge is 0.309 e. The molecule has 0 aliphatic carbocycles. The van der Waals surface area contributed by atoms with Gasteiger partial charge in [0, 0.05) is 49.1 Å². The summed E-state index contributed by atoms with van der Waals surface area (Å²) < 4.78 is 31.6. The number of imidazole rings is 1. The van der Waals surface area contributed by atoms with Crippen molar-refractivity contribution < 1.29 is 8.42 Å². The van der Waals surface area contributed by atoms with Crippen molar-refractivity contribution in [2.75, 3.05) is 26.6 Å². The van der Waals surface area contributed by atoms with Crippen LogP contribution in [0.4, 0.5) is 0 Å². The van der Waals surface area contributed by atoms with Gasteiger partial charge in [0.2, 0.25) is 0 Å². The lowest BCUT2D eigenvalue weighted by Gasteiger charge is -2.43. The van der Waals surface area contributed by atoms with Crippen LogP contribution in [0.2, 0.25) is 5.02 Å². The second-order valence-electron chi connectivity index (χ2n) is 11.0. The van der Waals surface area contributed by atoms with Crippen LogP contribution in [0.5, 0.6) is 0 Å². The summed E-state index contributed by atoms with van der Waals surface area (Å²) in [5.74, 6) is 0. The molecule has 2 aromatic heterocycles. The van der Waals surface area contributed by atoms with Crippen LogP contribution in [-0.4, -0.2) is 62.8 Å². The maximum atomic E-state index is 13.6. The lowest BCUT2D eigenvalue weighted by Crippen LogP contribution is -2.34. The summed E-state index contributed by atoms with van der Waals surface area (Å²) in [7, 11) is -0.383. The van der Waals surface area contributed by atoms with E-state index in [-0.39, 0.29) is 4.75 Å². The zero-order chi connectivity index (χ0) is 27.5. The number of aromatic nitrogens is 4. The molecule has 0 atom stereocenters. The third kappa shape index (κ3) is 4.71. The number of hydrogen-bond acceptors (Lipinski definition) is 4. The molecular weight excluding hydrogens is 526 g/mol. The van der Waals surface area contributed by atoms with E-state index in [0.717, 1.165) is 33.3 Å². The summed E-state index contributed by atoms with van der Waals surface area (Å²) in [5, 5.41) is 7.07. The standard InChI is InChI=1S/C27H36ClN5O2S2/c1-18-13-14-20(23(28)15-18)21-11-10-12-22-24(32(7)30-25(21)22)16-19-17-29-26(36(8,9)27(2,3)4)33(19)37(34,35)31(5)6/h10-15,17H,16H2,1-9H3. The third-order valence-electron chi connectivity index (χ3n) is 7.19. The first-order valence-electron chi connectivity index (χ1n) is 12.0. The zero-order valence-electron chi connectivity index (χ0n) is 23.0. The van der Waals surface area contributed by atoms with Gasteiger partial charge in [0.25, 0.3) is 0 Å². The SMILES string of the molecule is Cc1ccc(-c2cccc3c(Cc4cnc(S(C)(C)C(C)(C)C)n4S(=O)(=O)N(C)C)n(C)nc23)c(Cl)c1. The monoisotopic (exact) mass is 561 g/mol. The van der Waals surface area contributed by atoms with Crippen LogP contribution in [0, 0.1) is 6.92 Å². The van der Waals surface area contributed by atoms with E-state index in [1.807, 2.05) is 55.1 Å². The van der Waals surface area contributed by atoms with Crippen molar-refractivity contribution >= 4 is 42.7 Å². The molecule has 10 heteroatoms. The van der Waals surface area contributed by atoms with E-state index in [0.29, 0.717) is 22.3 Å². The fourth-order valence-corrected chi connectivity index (χ4v) is 7.76. The molecule has 0 spiro atoms. The number of benzene rings is 2. The van der Waals surface area contributed by atoms with Crippen molar-refractivity contribution in [1.82, 2.24) is 23.0 Å². The highest BCUT2D eigenvalue weighted by Crippen LogP contribution is 2.59. The van der Waals surface area contributed by atoms with Crippen molar-refractivity contribution in [3.05, 3.63) is 64.6 Å². The second-order valence-corrected chi connectivity index (χ2v) is 17.6. The lowest BCUT2D eigenvalue weighted by molar-refractivity contribution is 0.503. The number of fused-ring (bicyclic) bond motifs is 1. The Kier molecular flexibility index (Phi) is 7.07. The molecule has 37 heavy (non-hydrogen) atoms. The molecule has 0 bridgehead atoms. The third-order valence-corrected chi connectivity index (χ3v) is 13.7. The minimum atomic E-state index is -3.81. The molecule has 0 saturated carbocycles. The fourth-order valence-electron chi connectivity index (χ4n) is 4.20. The van der Waals surface area contributed by atoms with Crippen LogP contribution in [0.25, 0.3) is 22.0 Å². The average molecular weight is 562 g/mol. The maximum Gasteiger partial charge on any atom is 0.309 e. The molecule has 0 fully saturated rings. The topological polar surface area (TPSA) is 73.0 Å². The molecule has 7 nitrogen and oxygen atoms in total. The van der Waals surface area contributed by atoms with Gasteiger partial charge in [-0.05, 0) is 35.8 Å². The molecule has 2 heterocycles. The Morgan fingerprint density at radius 1 is 1.05 bits per heavy atom. The molecule has 0 unspecified atom stereocenters. The summed E-state index contributed by atoms with van der Waals surface area (Å²) >= 11 is 6.61. The van der Waals surface area contributed by atoms with E-state index in [9.17, 15) is 8.42 Å². The molecule has 0 aliphatic rings. The quantitative estimate of drug-likeness (QED) is 0.295. The molecule has 0 radical (unpaired) electrons. The Bertz CT molecular complexity index is 1590. The molecule has 0 saturated heterocycles. The molecule has 0 amide bonds. The highest BCUT2D eigenvalue weighted by Gasteiger charge is 2.38. The van der Waals surface area contributed by atoms with Crippen molar-refractivity contribution in [2.24, 2.45) is 7.05 Å². The van der Waals surface area contributed by atoms with Crippen molar-refractivity contribution in [1.29, 1.82) is 0 Å². The van der Waals surface area contributed by atoms with Gasteiger partial charge in [0.15, 0.2) is 5.16 Å². The van der Waals surface area contributed by atoms with Crippen LogP contribution in [-0.2, 0) is 23.7 Å². The van der Waals surface area contributed by atoms with Crippen LogP contribution >= 0.6 is 21.6 Å². The van der Waals surface area contributed by atoms with E-state index in [1.165, 1.54) is 8.28 Å². The summed E-state index contributed by atoms with van der Waals surface area (Å²) in [6, 6.07) is 12.0. The van der Waals surface area contributed by atoms with Crippen LogP contribution in [0.15, 0.2) is 47.8 Å². The molecule has 0 N–H and O–H groups in total. The Labute approximate surface area is 227 Å².